The van der Waals surface area contributed by atoms with Crippen molar-refractivity contribution in [2.75, 3.05) is 6.61 Å². The van der Waals surface area contributed by atoms with Crippen LogP contribution in [0.3, 0.4) is 0 Å². The Morgan fingerprint density at radius 1 is 1.03 bits per heavy atom. The quantitative estimate of drug-likeness (QED) is 0.248. The zero-order chi connectivity index (χ0) is 24.1. The number of nitrogens with zero attached hydrogens (tertiary/aromatic N) is 3. The van der Waals surface area contributed by atoms with Gasteiger partial charge in [0.05, 0.1) is 23.7 Å². The lowest BCUT2D eigenvalue weighted by molar-refractivity contribution is 0.269. The minimum absolute atomic E-state index is 0.215. The number of fused-ring (bicyclic) bond motifs is 1. The van der Waals surface area contributed by atoms with Gasteiger partial charge in [0.2, 0.25) is 0 Å². The van der Waals surface area contributed by atoms with Gasteiger partial charge < -0.3 is 9.47 Å². The molecule has 4 rings (SSSR count). The monoisotopic (exact) mass is 539 g/mol. The molecule has 0 radical (unpaired) electrons. The Balaban J connectivity index is 1.62. The van der Waals surface area contributed by atoms with Crippen LogP contribution in [0.5, 0.6) is 11.5 Å². The molecule has 0 N–H and O–H groups in total. The first kappa shape index (κ1) is 24.0. The zero-order valence-corrected chi connectivity index (χ0v) is 21.1. The number of halogens is 2. The summed E-state index contributed by atoms with van der Waals surface area (Å²) in [4.78, 5) is 17.7. The molecule has 6 nitrogen and oxygen atoms in total. The predicted octanol–water partition coefficient (Wildman–Crippen LogP) is 6.23. The van der Waals surface area contributed by atoms with E-state index in [1.165, 1.54) is 4.68 Å². The molecular formula is C26H23BrClN3O3. The number of benzene rings is 3. The Morgan fingerprint density at radius 2 is 1.82 bits per heavy atom. The highest BCUT2D eigenvalue weighted by atomic mass is 79.9. The van der Waals surface area contributed by atoms with E-state index in [2.05, 4.69) is 26.0 Å². The van der Waals surface area contributed by atoms with Gasteiger partial charge in [-0.2, -0.15) is 9.78 Å². The van der Waals surface area contributed by atoms with Crippen LogP contribution in [0.15, 0.2) is 75.0 Å². The normalized spacial score (nSPS) is 11.3. The molecule has 0 bridgehead atoms. The topological polar surface area (TPSA) is 65.7 Å². The maximum Gasteiger partial charge on any atom is 0.282 e. The van der Waals surface area contributed by atoms with Crippen molar-refractivity contribution in [3.8, 4) is 11.5 Å². The number of ether oxygens (including phenoxy) is 2. The number of aromatic nitrogens is 2. The van der Waals surface area contributed by atoms with Crippen molar-refractivity contribution < 1.29 is 9.47 Å². The summed E-state index contributed by atoms with van der Waals surface area (Å²) in [5.74, 6) is 1.81. The largest absolute Gasteiger partial charge is 0.490 e. The molecule has 0 saturated heterocycles. The second-order valence-corrected chi connectivity index (χ2v) is 8.81. The summed E-state index contributed by atoms with van der Waals surface area (Å²) in [7, 11) is 0. The summed E-state index contributed by atoms with van der Waals surface area (Å²) in [5, 5.41) is 5.64. The third kappa shape index (κ3) is 5.48. The minimum Gasteiger partial charge on any atom is -0.490 e. The van der Waals surface area contributed by atoms with Crippen molar-refractivity contribution in [3.63, 3.8) is 0 Å². The van der Waals surface area contributed by atoms with E-state index in [4.69, 9.17) is 21.1 Å². The van der Waals surface area contributed by atoms with E-state index in [1.54, 1.807) is 12.3 Å². The van der Waals surface area contributed by atoms with E-state index >= 15 is 0 Å². The molecule has 0 aliphatic heterocycles. The van der Waals surface area contributed by atoms with Crippen LogP contribution in [0.1, 0.15) is 30.8 Å². The maximum absolute atomic E-state index is 13.1. The van der Waals surface area contributed by atoms with Crippen molar-refractivity contribution in [2.45, 2.75) is 26.9 Å². The standard InChI is InChI=1S/C26H23BrClN3O3/c1-3-25-30-22-11-8-19(27)14-21(22)26(32)31(25)29-15-18-7-12-23(24(13-18)33-4-2)34-16-17-5-9-20(28)10-6-17/h5-15H,3-4,16H2,1-2H3. The highest BCUT2D eigenvalue weighted by molar-refractivity contribution is 9.10. The van der Waals surface area contributed by atoms with Crippen molar-refractivity contribution in [2.24, 2.45) is 5.10 Å². The second kappa shape index (κ2) is 10.8. The predicted molar refractivity (Wildman–Crippen MR) is 139 cm³/mol. The number of hydrogen-bond donors (Lipinski definition) is 0. The molecule has 1 aromatic heterocycles. The van der Waals surface area contributed by atoms with E-state index in [0.29, 0.717) is 52.9 Å². The average Bonchev–Trinajstić information content (AvgIpc) is 2.84. The van der Waals surface area contributed by atoms with E-state index in [-0.39, 0.29) is 5.56 Å². The van der Waals surface area contributed by atoms with Gasteiger partial charge in [0.25, 0.3) is 5.56 Å². The van der Waals surface area contributed by atoms with Crippen LogP contribution in [-0.4, -0.2) is 22.5 Å². The number of rotatable bonds is 8. The van der Waals surface area contributed by atoms with Crippen molar-refractivity contribution >= 4 is 44.6 Å². The summed E-state index contributed by atoms with van der Waals surface area (Å²) in [6.07, 6.45) is 2.19. The summed E-state index contributed by atoms with van der Waals surface area (Å²) in [6.45, 7) is 4.73. The molecule has 8 heteroatoms. The SMILES string of the molecule is CCOc1cc(C=Nn2c(CC)nc3ccc(Br)cc3c2=O)ccc1OCc1ccc(Cl)cc1. The lowest BCUT2D eigenvalue weighted by Gasteiger charge is -2.13. The van der Waals surface area contributed by atoms with Gasteiger partial charge in [-0.15, -0.1) is 0 Å². The second-order valence-electron chi connectivity index (χ2n) is 7.46. The van der Waals surface area contributed by atoms with Crippen molar-refractivity contribution in [1.29, 1.82) is 0 Å². The Kier molecular flexibility index (Phi) is 7.65. The summed E-state index contributed by atoms with van der Waals surface area (Å²) in [6, 6.07) is 18.5. The molecular weight excluding hydrogens is 518 g/mol. The Hall–Kier alpha value is -3.16. The van der Waals surface area contributed by atoms with E-state index < -0.39 is 0 Å². The fraction of sp³-hybridized carbons (Fsp3) is 0.192. The van der Waals surface area contributed by atoms with Gasteiger partial charge in [0, 0.05) is 15.9 Å². The fourth-order valence-electron chi connectivity index (χ4n) is 3.40. The fourth-order valence-corrected chi connectivity index (χ4v) is 3.89. The summed E-state index contributed by atoms with van der Waals surface area (Å²) >= 11 is 9.37. The third-order valence-electron chi connectivity index (χ3n) is 5.09. The smallest absolute Gasteiger partial charge is 0.282 e. The Morgan fingerprint density at radius 3 is 2.56 bits per heavy atom. The molecule has 4 aromatic rings. The van der Waals surface area contributed by atoms with E-state index in [9.17, 15) is 4.79 Å². The van der Waals surface area contributed by atoms with Gasteiger partial charge >= 0.3 is 0 Å². The van der Waals surface area contributed by atoms with Crippen LogP contribution >= 0.6 is 27.5 Å². The van der Waals surface area contributed by atoms with Gasteiger partial charge in [0.15, 0.2) is 11.5 Å². The molecule has 3 aromatic carbocycles. The molecule has 0 fully saturated rings. The number of aryl methyl sites for hydroxylation is 1. The molecule has 0 saturated carbocycles. The molecule has 0 aliphatic carbocycles. The van der Waals surface area contributed by atoms with E-state index in [0.717, 1.165) is 15.6 Å². The minimum atomic E-state index is -0.215. The molecule has 0 amide bonds. The van der Waals surface area contributed by atoms with Crippen LogP contribution in [0.25, 0.3) is 10.9 Å². The molecule has 0 aliphatic rings. The number of hydrogen-bond acceptors (Lipinski definition) is 5. The first-order valence-corrected chi connectivity index (χ1v) is 12.0. The summed E-state index contributed by atoms with van der Waals surface area (Å²) in [5.41, 5.74) is 2.20. The first-order chi connectivity index (χ1) is 16.5. The van der Waals surface area contributed by atoms with Gasteiger partial charge in [-0.05, 0) is 66.6 Å². The Labute approximate surface area is 210 Å². The highest BCUT2D eigenvalue weighted by Gasteiger charge is 2.11. The maximum atomic E-state index is 13.1. The molecule has 0 spiro atoms. The summed E-state index contributed by atoms with van der Waals surface area (Å²) < 4.78 is 13.9. The zero-order valence-electron chi connectivity index (χ0n) is 18.8. The third-order valence-corrected chi connectivity index (χ3v) is 5.83. The van der Waals surface area contributed by atoms with Gasteiger partial charge in [0.1, 0.15) is 12.4 Å². The molecule has 0 atom stereocenters. The van der Waals surface area contributed by atoms with Gasteiger partial charge in [-0.3, -0.25) is 4.79 Å². The van der Waals surface area contributed by atoms with Gasteiger partial charge in [-0.1, -0.05) is 46.6 Å². The molecule has 0 unspecified atom stereocenters. The van der Waals surface area contributed by atoms with Gasteiger partial charge in [-0.25, -0.2) is 4.98 Å². The van der Waals surface area contributed by atoms with Crippen molar-refractivity contribution in [1.82, 2.24) is 9.66 Å². The van der Waals surface area contributed by atoms with Crippen LogP contribution in [0, 0.1) is 0 Å². The first-order valence-electron chi connectivity index (χ1n) is 10.9. The van der Waals surface area contributed by atoms with Crippen molar-refractivity contribution in [3.05, 3.63) is 97.5 Å². The Bertz CT molecular complexity index is 1400. The highest BCUT2D eigenvalue weighted by Crippen LogP contribution is 2.29. The van der Waals surface area contributed by atoms with Crippen LogP contribution < -0.4 is 15.0 Å². The molecule has 174 valence electrons. The molecule has 34 heavy (non-hydrogen) atoms. The van der Waals surface area contributed by atoms with E-state index in [1.807, 2.05) is 68.4 Å². The lowest BCUT2D eigenvalue weighted by Crippen LogP contribution is -2.22. The average molecular weight is 541 g/mol. The van der Waals surface area contributed by atoms with Crippen LogP contribution in [-0.2, 0) is 13.0 Å². The molecule has 1 heterocycles. The lowest BCUT2D eigenvalue weighted by atomic mass is 10.2. The van der Waals surface area contributed by atoms with Crippen LogP contribution in [0.2, 0.25) is 5.02 Å². The van der Waals surface area contributed by atoms with Crippen LogP contribution in [0.4, 0.5) is 0 Å².